The third-order valence-electron chi connectivity index (χ3n) is 6.18. The fourth-order valence-electron chi connectivity index (χ4n) is 4.18. The second kappa shape index (κ2) is 12.2. The molecule has 0 amide bonds. The molecule has 1 N–H and O–H groups in total. The van der Waals surface area contributed by atoms with Crippen LogP contribution in [-0.4, -0.2) is 76.5 Å². The number of carbonyl (C=O) groups excluding carboxylic acids is 1. The number of benzene rings is 2. The number of hydrogen-bond donors (Lipinski definition) is 1. The van der Waals surface area contributed by atoms with E-state index in [-0.39, 0.29) is 11.6 Å². The molecular weight excluding hydrogens is 487 g/mol. The van der Waals surface area contributed by atoms with Gasteiger partial charge >= 0.3 is 0 Å². The van der Waals surface area contributed by atoms with Gasteiger partial charge in [0.15, 0.2) is 0 Å². The summed E-state index contributed by atoms with van der Waals surface area (Å²) in [6.45, 7) is 5.04. The average Bonchev–Trinajstić information content (AvgIpc) is 2.88. The summed E-state index contributed by atoms with van der Waals surface area (Å²) >= 11 is 6.27. The Hall–Kier alpha value is -3.14. The van der Waals surface area contributed by atoms with Crippen LogP contribution in [-0.2, 0) is 20.7 Å². The molecule has 36 heavy (non-hydrogen) atoms. The molecule has 192 valence electrons. The largest absolute Gasteiger partial charge is 0.489 e. The van der Waals surface area contributed by atoms with E-state index in [9.17, 15) is 9.18 Å². The van der Waals surface area contributed by atoms with Crippen LogP contribution in [0.15, 0.2) is 36.5 Å². The highest BCUT2D eigenvalue weighted by Gasteiger charge is 2.21. The molecule has 1 aliphatic rings. The van der Waals surface area contributed by atoms with E-state index in [0.717, 1.165) is 54.3 Å². The Balaban J connectivity index is 1.83. The smallest absolute Gasteiger partial charge is 0.293 e. The zero-order valence-corrected chi connectivity index (χ0v) is 21.2. The number of halogens is 2. The number of rotatable bonds is 11. The Morgan fingerprint density at radius 1 is 1.17 bits per heavy atom. The molecule has 0 saturated carbocycles. The Morgan fingerprint density at radius 3 is 2.72 bits per heavy atom. The van der Waals surface area contributed by atoms with Gasteiger partial charge in [0.1, 0.15) is 18.2 Å². The predicted molar refractivity (Wildman–Crippen MR) is 139 cm³/mol. The van der Waals surface area contributed by atoms with Gasteiger partial charge in [-0.2, -0.15) is 0 Å². The van der Waals surface area contributed by atoms with Gasteiger partial charge in [-0.25, -0.2) is 4.39 Å². The second-order valence-electron chi connectivity index (χ2n) is 8.57. The lowest BCUT2D eigenvalue weighted by Crippen LogP contribution is -2.44. The van der Waals surface area contributed by atoms with Crippen LogP contribution in [0.3, 0.4) is 0 Å². The summed E-state index contributed by atoms with van der Waals surface area (Å²) in [5.74, 6) is 0.209. The van der Waals surface area contributed by atoms with Crippen molar-refractivity contribution in [2.75, 3.05) is 70.4 Å². The Morgan fingerprint density at radius 2 is 1.97 bits per heavy atom. The van der Waals surface area contributed by atoms with Crippen LogP contribution in [0.2, 0.25) is 5.02 Å². The molecule has 3 aromatic rings. The minimum Gasteiger partial charge on any atom is -0.489 e. The van der Waals surface area contributed by atoms with E-state index in [1.165, 1.54) is 6.07 Å². The lowest BCUT2D eigenvalue weighted by molar-refractivity contribution is -0.128. The van der Waals surface area contributed by atoms with Crippen LogP contribution in [0.4, 0.5) is 21.5 Å². The van der Waals surface area contributed by atoms with Crippen molar-refractivity contribution in [1.29, 1.82) is 0 Å². The Kier molecular flexibility index (Phi) is 8.79. The third kappa shape index (κ3) is 5.98. The maximum atomic E-state index is 14.2. The topological polar surface area (TPSA) is 76.2 Å². The molecule has 0 radical (unpaired) electrons. The molecule has 2 aromatic carbocycles. The molecule has 1 fully saturated rings. The first-order valence-electron chi connectivity index (χ1n) is 11.8. The molecule has 0 bridgehead atoms. The molecule has 2 heterocycles. The standard InChI is InChI=1S/C26H30ClFN4O4/c1-31-7-9-32(10-8-31)23-14-19-22(15-24(23)36-13-12-34-2)29-16-18(6-11-35-17-33)26(19)30-21-5-3-4-20(28)25(21)27/h3-5,14-17H,6-13H2,1-2H3,(H,29,30). The van der Waals surface area contributed by atoms with Crippen molar-refractivity contribution in [2.45, 2.75) is 6.42 Å². The van der Waals surface area contributed by atoms with Crippen molar-refractivity contribution < 1.29 is 23.4 Å². The maximum absolute atomic E-state index is 14.2. The van der Waals surface area contributed by atoms with Crippen molar-refractivity contribution in [1.82, 2.24) is 9.88 Å². The molecule has 0 atom stereocenters. The molecule has 4 rings (SSSR count). The highest BCUT2D eigenvalue weighted by atomic mass is 35.5. The van der Waals surface area contributed by atoms with Gasteiger partial charge < -0.3 is 29.3 Å². The third-order valence-corrected chi connectivity index (χ3v) is 6.57. The highest BCUT2D eigenvalue weighted by molar-refractivity contribution is 6.33. The van der Waals surface area contributed by atoms with Crippen LogP contribution in [0.5, 0.6) is 5.75 Å². The minimum atomic E-state index is -0.516. The normalized spacial score (nSPS) is 14.2. The van der Waals surface area contributed by atoms with Gasteiger partial charge in [-0.15, -0.1) is 0 Å². The van der Waals surface area contributed by atoms with Crippen molar-refractivity contribution in [3.63, 3.8) is 0 Å². The zero-order valence-electron chi connectivity index (χ0n) is 20.4. The number of fused-ring (bicyclic) bond motifs is 1. The number of pyridine rings is 1. The number of anilines is 3. The lowest BCUT2D eigenvalue weighted by atomic mass is 10.0. The number of carbonyl (C=O) groups is 1. The summed E-state index contributed by atoms with van der Waals surface area (Å²) < 4.78 is 30.4. The minimum absolute atomic E-state index is 0.00337. The first kappa shape index (κ1) is 25.9. The quantitative estimate of drug-likeness (QED) is 0.299. The molecule has 1 saturated heterocycles. The zero-order chi connectivity index (χ0) is 25.5. The van der Waals surface area contributed by atoms with Crippen LogP contribution in [0, 0.1) is 5.82 Å². The molecule has 1 aliphatic heterocycles. The van der Waals surface area contributed by atoms with Gasteiger partial charge in [0.25, 0.3) is 6.47 Å². The van der Waals surface area contributed by atoms with Gasteiger partial charge in [0.05, 0.1) is 40.8 Å². The molecule has 0 unspecified atom stereocenters. The fraction of sp³-hybridized carbons (Fsp3) is 0.385. The van der Waals surface area contributed by atoms with Gasteiger partial charge in [-0.3, -0.25) is 9.78 Å². The number of piperazine rings is 1. The number of ether oxygens (including phenoxy) is 3. The van der Waals surface area contributed by atoms with E-state index in [4.69, 9.17) is 25.8 Å². The first-order valence-corrected chi connectivity index (χ1v) is 12.2. The van der Waals surface area contributed by atoms with Gasteiger partial charge in [0, 0.05) is 57.4 Å². The SMILES string of the molecule is COCCOc1cc2ncc(CCOC=O)c(Nc3cccc(F)c3Cl)c2cc1N1CCN(C)CC1. The maximum Gasteiger partial charge on any atom is 0.293 e. The predicted octanol–water partition coefficient (Wildman–Crippen LogP) is 4.26. The molecule has 0 aliphatic carbocycles. The van der Waals surface area contributed by atoms with Crippen molar-refractivity contribution >= 4 is 46.0 Å². The van der Waals surface area contributed by atoms with E-state index >= 15 is 0 Å². The van der Waals surface area contributed by atoms with Gasteiger partial charge in [-0.1, -0.05) is 17.7 Å². The van der Waals surface area contributed by atoms with Crippen molar-refractivity contribution in [3.05, 3.63) is 52.9 Å². The average molecular weight is 517 g/mol. The summed E-state index contributed by atoms with van der Waals surface area (Å²) in [4.78, 5) is 20.0. The second-order valence-corrected chi connectivity index (χ2v) is 8.95. The summed E-state index contributed by atoms with van der Waals surface area (Å²) in [6.07, 6.45) is 2.15. The number of hydrogen-bond acceptors (Lipinski definition) is 8. The van der Waals surface area contributed by atoms with E-state index in [1.54, 1.807) is 25.4 Å². The van der Waals surface area contributed by atoms with Crippen LogP contribution in [0.25, 0.3) is 10.9 Å². The molecule has 1 aromatic heterocycles. The number of likely N-dealkylation sites (N-methyl/N-ethyl adjacent to an activating group) is 1. The lowest BCUT2D eigenvalue weighted by Gasteiger charge is -2.35. The van der Waals surface area contributed by atoms with Crippen LogP contribution >= 0.6 is 11.6 Å². The molecule has 10 heteroatoms. The Labute approximate surface area is 214 Å². The first-order chi connectivity index (χ1) is 17.5. The number of aromatic nitrogens is 1. The van der Waals surface area contributed by atoms with Gasteiger partial charge in [-0.05, 0) is 30.8 Å². The van der Waals surface area contributed by atoms with E-state index in [2.05, 4.69) is 33.2 Å². The van der Waals surface area contributed by atoms with Crippen LogP contribution in [0.1, 0.15) is 5.56 Å². The molecular formula is C26H30ClFN4O4. The van der Waals surface area contributed by atoms with Gasteiger partial charge in [0.2, 0.25) is 0 Å². The molecule has 0 spiro atoms. The fourth-order valence-corrected chi connectivity index (χ4v) is 4.36. The molecule has 8 nitrogen and oxygen atoms in total. The van der Waals surface area contributed by atoms with Crippen molar-refractivity contribution in [2.24, 2.45) is 0 Å². The van der Waals surface area contributed by atoms with E-state index < -0.39 is 5.82 Å². The number of nitrogens with one attached hydrogen (secondary N) is 1. The Bertz CT molecular complexity index is 1200. The summed E-state index contributed by atoms with van der Waals surface area (Å²) in [7, 11) is 3.74. The number of methoxy groups -OCH3 is 1. The summed E-state index contributed by atoms with van der Waals surface area (Å²) in [5.41, 5.74) is 3.62. The van der Waals surface area contributed by atoms with Crippen molar-refractivity contribution in [3.8, 4) is 5.75 Å². The van der Waals surface area contributed by atoms with E-state index in [0.29, 0.717) is 37.3 Å². The van der Waals surface area contributed by atoms with E-state index in [1.807, 2.05) is 6.07 Å². The monoisotopic (exact) mass is 516 g/mol. The summed E-state index contributed by atoms with van der Waals surface area (Å²) in [5, 5.41) is 4.14. The highest BCUT2D eigenvalue weighted by Crippen LogP contribution is 2.39. The van der Waals surface area contributed by atoms with Crippen LogP contribution < -0.4 is 15.0 Å². The number of nitrogens with zero attached hydrogens (tertiary/aromatic N) is 3. The summed E-state index contributed by atoms with van der Waals surface area (Å²) in [6, 6.07) is 8.59.